The first kappa shape index (κ1) is 20.4. The number of rotatable bonds is 3. The van der Waals surface area contributed by atoms with E-state index in [0.717, 1.165) is 17.7 Å². The highest BCUT2D eigenvalue weighted by atomic mass is 19.4. The zero-order valence-electron chi connectivity index (χ0n) is 16.1. The molecular weight excluding hydrogens is 400 g/mol. The summed E-state index contributed by atoms with van der Waals surface area (Å²) in [4.78, 5) is 28.9. The van der Waals surface area contributed by atoms with Crippen molar-refractivity contribution in [3.63, 3.8) is 0 Å². The summed E-state index contributed by atoms with van der Waals surface area (Å²) in [6.07, 6.45) is -3.12. The lowest BCUT2D eigenvalue weighted by Gasteiger charge is -2.36. The van der Waals surface area contributed by atoms with Crippen LogP contribution in [-0.4, -0.2) is 47.8 Å². The van der Waals surface area contributed by atoms with E-state index in [2.05, 4.69) is 0 Å². The van der Waals surface area contributed by atoms with Gasteiger partial charge in [0.15, 0.2) is 0 Å². The first-order valence-corrected chi connectivity index (χ1v) is 9.73. The normalized spacial score (nSPS) is 18.3. The molecule has 0 atom stereocenters. The minimum absolute atomic E-state index is 0.0189. The monoisotopic (exact) mass is 420 g/mol. The molecule has 0 N–H and O–H groups in total. The Kier molecular flexibility index (Phi) is 5.03. The van der Waals surface area contributed by atoms with Crippen LogP contribution in [0, 0.1) is 5.82 Å². The van der Waals surface area contributed by atoms with Crippen molar-refractivity contribution in [2.45, 2.75) is 24.4 Å². The van der Waals surface area contributed by atoms with Gasteiger partial charge in [0.2, 0.25) is 5.91 Å². The van der Waals surface area contributed by atoms with Crippen LogP contribution >= 0.6 is 0 Å². The van der Waals surface area contributed by atoms with Crippen molar-refractivity contribution in [2.75, 3.05) is 26.2 Å². The third kappa shape index (κ3) is 3.78. The van der Waals surface area contributed by atoms with Crippen LogP contribution in [0.1, 0.15) is 34.3 Å². The van der Waals surface area contributed by atoms with Crippen molar-refractivity contribution in [3.05, 3.63) is 71.0 Å². The maximum Gasteiger partial charge on any atom is 0.416 e. The van der Waals surface area contributed by atoms with E-state index in [1.54, 1.807) is 17.0 Å². The minimum atomic E-state index is -4.51. The van der Waals surface area contributed by atoms with Crippen LogP contribution < -0.4 is 0 Å². The van der Waals surface area contributed by atoms with E-state index in [0.29, 0.717) is 25.9 Å². The largest absolute Gasteiger partial charge is 0.416 e. The topological polar surface area (TPSA) is 40.6 Å². The number of hydrogen-bond donors (Lipinski definition) is 0. The van der Waals surface area contributed by atoms with Gasteiger partial charge in [-0.05, 0) is 48.7 Å². The smallest absolute Gasteiger partial charge is 0.338 e. The van der Waals surface area contributed by atoms with E-state index in [-0.39, 0.29) is 30.4 Å². The number of carbonyl (C=O) groups excluding carboxylic acids is 2. The van der Waals surface area contributed by atoms with Crippen LogP contribution in [0.15, 0.2) is 48.5 Å². The molecule has 4 nitrogen and oxygen atoms in total. The van der Waals surface area contributed by atoms with Crippen LogP contribution in [0.2, 0.25) is 0 Å². The molecular formula is C22H20F4N2O2. The SMILES string of the molecule is O=C(c1cccc(C(F)(F)F)c1)N1CCN(C(=O)C2(c3ccc(F)cc3)CC2)CC1. The molecule has 0 aromatic heterocycles. The van der Waals surface area contributed by atoms with Gasteiger partial charge in [0.1, 0.15) is 5.82 Å². The van der Waals surface area contributed by atoms with E-state index in [1.165, 1.54) is 29.2 Å². The lowest BCUT2D eigenvalue weighted by Crippen LogP contribution is -2.53. The average molecular weight is 420 g/mol. The molecule has 0 radical (unpaired) electrons. The van der Waals surface area contributed by atoms with Crippen molar-refractivity contribution < 1.29 is 27.2 Å². The lowest BCUT2D eigenvalue weighted by molar-refractivity contribution is -0.137. The number of nitrogens with zero attached hydrogens (tertiary/aromatic N) is 2. The van der Waals surface area contributed by atoms with Crippen LogP contribution in [0.4, 0.5) is 17.6 Å². The van der Waals surface area contributed by atoms with Gasteiger partial charge in [-0.25, -0.2) is 4.39 Å². The van der Waals surface area contributed by atoms with E-state index < -0.39 is 23.1 Å². The summed E-state index contributed by atoms with van der Waals surface area (Å²) in [5, 5.41) is 0. The molecule has 2 aromatic carbocycles. The zero-order chi connectivity index (χ0) is 21.5. The molecule has 0 bridgehead atoms. The van der Waals surface area contributed by atoms with E-state index >= 15 is 0 Å². The van der Waals surface area contributed by atoms with E-state index in [1.807, 2.05) is 0 Å². The molecule has 1 saturated carbocycles. The third-order valence-corrected chi connectivity index (χ3v) is 5.85. The van der Waals surface area contributed by atoms with Crippen molar-refractivity contribution in [1.29, 1.82) is 0 Å². The van der Waals surface area contributed by atoms with Gasteiger partial charge >= 0.3 is 6.18 Å². The second-order valence-corrected chi connectivity index (χ2v) is 7.75. The lowest BCUT2D eigenvalue weighted by atomic mass is 9.94. The first-order valence-electron chi connectivity index (χ1n) is 9.73. The second kappa shape index (κ2) is 7.41. The molecule has 0 spiro atoms. The van der Waals surface area contributed by atoms with Crippen molar-refractivity contribution in [3.8, 4) is 0 Å². The van der Waals surface area contributed by atoms with Crippen molar-refractivity contribution in [1.82, 2.24) is 9.80 Å². The second-order valence-electron chi connectivity index (χ2n) is 7.75. The molecule has 2 aromatic rings. The Morgan fingerprint density at radius 1 is 0.867 bits per heavy atom. The molecule has 1 aliphatic carbocycles. The number of alkyl halides is 3. The molecule has 0 unspecified atom stereocenters. The van der Waals surface area contributed by atoms with Gasteiger partial charge in [0.05, 0.1) is 11.0 Å². The number of halogens is 4. The standard InChI is InChI=1S/C22H20F4N2O2/c23-18-6-4-16(5-7-18)21(8-9-21)20(30)28-12-10-27(11-13-28)19(29)15-2-1-3-17(14-15)22(24,25)26/h1-7,14H,8-13H2. The maximum atomic E-state index is 13.2. The molecule has 1 heterocycles. The fraction of sp³-hybridized carbons (Fsp3) is 0.364. The number of hydrogen-bond acceptors (Lipinski definition) is 2. The Bertz CT molecular complexity index is 960. The highest BCUT2D eigenvalue weighted by Gasteiger charge is 2.53. The number of carbonyl (C=O) groups is 2. The predicted octanol–water partition coefficient (Wildman–Crippen LogP) is 3.86. The molecule has 1 aliphatic heterocycles. The summed E-state index contributed by atoms with van der Waals surface area (Å²) >= 11 is 0. The Balaban J connectivity index is 1.41. The van der Waals surface area contributed by atoms with Gasteiger partial charge in [-0.2, -0.15) is 13.2 Å². The average Bonchev–Trinajstić information content (AvgIpc) is 3.55. The summed E-state index contributed by atoms with van der Waals surface area (Å²) < 4.78 is 51.9. The Labute approximate surface area is 171 Å². The molecule has 2 amide bonds. The van der Waals surface area contributed by atoms with Gasteiger partial charge in [-0.15, -0.1) is 0 Å². The highest BCUT2D eigenvalue weighted by molar-refractivity contribution is 5.95. The minimum Gasteiger partial charge on any atom is -0.338 e. The van der Waals surface area contributed by atoms with E-state index in [9.17, 15) is 27.2 Å². The molecule has 4 rings (SSSR count). The van der Waals surface area contributed by atoms with Crippen LogP contribution in [0.5, 0.6) is 0 Å². The summed E-state index contributed by atoms with van der Waals surface area (Å²) in [6, 6.07) is 10.3. The molecule has 158 valence electrons. The molecule has 30 heavy (non-hydrogen) atoms. The Morgan fingerprint density at radius 3 is 2.03 bits per heavy atom. The summed E-state index contributed by atoms with van der Waals surface area (Å²) in [5.74, 6) is -0.878. The molecule has 2 fully saturated rings. The van der Waals surface area contributed by atoms with Crippen molar-refractivity contribution >= 4 is 11.8 Å². The van der Waals surface area contributed by atoms with Gasteiger partial charge in [0, 0.05) is 31.7 Å². The van der Waals surface area contributed by atoms with Crippen LogP contribution in [0.25, 0.3) is 0 Å². The molecule has 1 saturated heterocycles. The van der Waals surface area contributed by atoms with E-state index in [4.69, 9.17) is 0 Å². The highest BCUT2D eigenvalue weighted by Crippen LogP contribution is 2.49. The molecule has 2 aliphatic rings. The van der Waals surface area contributed by atoms with Crippen LogP contribution in [0.3, 0.4) is 0 Å². The number of benzene rings is 2. The number of piperazine rings is 1. The van der Waals surface area contributed by atoms with Gasteiger partial charge in [0.25, 0.3) is 5.91 Å². The third-order valence-electron chi connectivity index (χ3n) is 5.85. The van der Waals surface area contributed by atoms with Crippen LogP contribution in [-0.2, 0) is 16.4 Å². The fourth-order valence-electron chi connectivity index (χ4n) is 3.95. The number of amides is 2. The Hall–Kier alpha value is -2.90. The predicted molar refractivity (Wildman–Crippen MR) is 101 cm³/mol. The van der Waals surface area contributed by atoms with Gasteiger partial charge < -0.3 is 9.80 Å². The summed E-state index contributed by atoms with van der Waals surface area (Å²) in [7, 11) is 0. The Morgan fingerprint density at radius 2 is 1.47 bits per heavy atom. The summed E-state index contributed by atoms with van der Waals surface area (Å²) in [5.41, 5.74) is -0.718. The first-order chi connectivity index (χ1) is 14.2. The maximum absolute atomic E-state index is 13.2. The molecule has 8 heteroatoms. The fourth-order valence-corrected chi connectivity index (χ4v) is 3.95. The van der Waals surface area contributed by atoms with Gasteiger partial charge in [-0.3, -0.25) is 9.59 Å². The van der Waals surface area contributed by atoms with Crippen molar-refractivity contribution in [2.24, 2.45) is 0 Å². The quantitative estimate of drug-likeness (QED) is 0.708. The zero-order valence-corrected chi connectivity index (χ0v) is 16.1. The summed E-state index contributed by atoms with van der Waals surface area (Å²) in [6.45, 7) is 1.12. The van der Waals surface area contributed by atoms with Gasteiger partial charge in [-0.1, -0.05) is 18.2 Å².